The SMILES string of the molecule is C[C@H]1[C@H](C)CCC[C@@H]1NC(=O)C1CCN(S(=O)(=O)c2ccc3ccccc3c2)CC1. The Kier molecular flexibility index (Phi) is 6.16. The molecule has 1 heterocycles. The van der Waals surface area contributed by atoms with Crippen molar-refractivity contribution in [3.63, 3.8) is 0 Å². The molecule has 0 spiro atoms. The normalized spacial score (nSPS) is 26.5. The lowest BCUT2D eigenvalue weighted by molar-refractivity contribution is -0.127. The van der Waals surface area contributed by atoms with Gasteiger partial charge in [-0.05, 0) is 54.0 Å². The molecule has 0 bridgehead atoms. The van der Waals surface area contributed by atoms with Gasteiger partial charge in [-0.1, -0.05) is 57.0 Å². The predicted molar refractivity (Wildman–Crippen MR) is 120 cm³/mol. The molecule has 0 unspecified atom stereocenters. The Hall–Kier alpha value is -1.92. The van der Waals surface area contributed by atoms with Crippen LogP contribution in [0, 0.1) is 17.8 Å². The fourth-order valence-corrected chi connectivity index (χ4v) is 6.43. The average molecular weight is 429 g/mol. The summed E-state index contributed by atoms with van der Waals surface area (Å²) in [4.78, 5) is 13.1. The Labute approximate surface area is 179 Å². The van der Waals surface area contributed by atoms with Crippen molar-refractivity contribution in [2.24, 2.45) is 17.8 Å². The van der Waals surface area contributed by atoms with Crippen molar-refractivity contribution >= 4 is 26.7 Å². The van der Waals surface area contributed by atoms with Crippen LogP contribution in [0.4, 0.5) is 0 Å². The molecule has 1 amide bonds. The molecule has 1 N–H and O–H groups in total. The first kappa shape index (κ1) is 21.3. The molecule has 0 radical (unpaired) electrons. The van der Waals surface area contributed by atoms with Gasteiger partial charge in [0.2, 0.25) is 15.9 Å². The van der Waals surface area contributed by atoms with Crippen LogP contribution in [0.3, 0.4) is 0 Å². The van der Waals surface area contributed by atoms with Gasteiger partial charge in [0.15, 0.2) is 0 Å². The van der Waals surface area contributed by atoms with Crippen LogP contribution in [0.5, 0.6) is 0 Å². The molecule has 30 heavy (non-hydrogen) atoms. The minimum absolute atomic E-state index is 0.0995. The number of rotatable bonds is 4. The number of hydrogen-bond donors (Lipinski definition) is 1. The van der Waals surface area contributed by atoms with Crippen LogP contribution in [0.25, 0.3) is 10.8 Å². The molecule has 162 valence electrons. The maximum absolute atomic E-state index is 13.1. The van der Waals surface area contributed by atoms with Crippen LogP contribution in [0.15, 0.2) is 47.4 Å². The van der Waals surface area contributed by atoms with E-state index in [4.69, 9.17) is 0 Å². The number of carbonyl (C=O) groups is 1. The second-order valence-corrected chi connectivity index (χ2v) is 11.0. The van der Waals surface area contributed by atoms with Gasteiger partial charge < -0.3 is 5.32 Å². The van der Waals surface area contributed by atoms with Gasteiger partial charge in [0, 0.05) is 25.0 Å². The van der Waals surface area contributed by atoms with E-state index < -0.39 is 10.0 Å². The zero-order valence-electron chi connectivity index (χ0n) is 17.9. The van der Waals surface area contributed by atoms with Crippen molar-refractivity contribution in [3.8, 4) is 0 Å². The van der Waals surface area contributed by atoms with E-state index in [2.05, 4.69) is 19.2 Å². The molecule has 2 fully saturated rings. The van der Waals surface area contributed by atoms with E-state index in [0.29, 0.717) is 42.7 Å². The average Bonchev–Trinajstić information content (AvgIpc) is 2.76. The molecule has 2 aromatic carbocycles. The topological polar surface area (TPSA) is 66.5 Å². The summed E-state index contributed by atoms with van der Waals surface area (Å²) in [7, 11) is -3.54. The molecule has 1 saturated carbocycles. The number of carbonyl (C=O) groups excluding carboxylic acids is 1. The number of benzene rings is 2. The predicted octanol–water partition coefficient (Wildman–Crippen LogP) is 4.18. The lowest BCUT2D eigenvalue weighted by atomic mass is 9.78. The van der Waals surface area contributed by atoms with Gasteiger partial charge in [-0.25, -0.2) is 8.42 Å². The van der Waals surface area contributed by atoms with Gasteiger partial charge >= 0.3 is 0 Å². The second-order valence-electron chi connectivity index (χ2n) is 9.07. The van der Waals surface area contributed by atoms with E-state index in [-0.39, 0.29) is 17.9 Å². The number of nitrogens with zero attached hydrogens (tertiary/aromatic N) is 1. The zero-order chi connectivity index (χ0) is 21.3. The summed E-state index contributed by atoms with van der Waals surface area (Å²) in [5, 5.41) is 5.21. The maximum Gasteiger partial charge on any atom is 0.243 e. The standard InChI is InChI=1S/C24H32N2O3S/c1-17-6-5-9-23(18(17)2)25-24(27)20-12-14-26(15-13-20)30(28,29)22-11-10-19-7-3-4-8-21(19)16-22/h3-4,7-8,10-11,16-18,20,23H,5-6,9,12-15H2,1-2H3,(H,25,27)/t17-,18+,23+/m1/s1. The minimum atomic E-state index is -3.54. The first-order valence-corrected chi connectivity index (χ1v) is 12.6. The number of sulfonamides is 1. The highest BCUT2D eigenvalue weighted by Crippen LogP contribution is 2.31. The largest absolute Gasteiger partial charge is 0.353 e. The van der Waals surface area contributed by atoms with Crippen molar-refractivity contribution < 1.29 is 13.2 Å². The Morgan fingerprint density at radius 1 is 0.967 bits per heavy atom. The molecular formula is C24H32N2O3S. The van der Waals surface area contributed by atoms with Crippen molar-refractivity contribution in [3.05, 3.63) is 42.5 Å². The first-order valence-electron chi connectivity index (χ1n) is 11.2. The van der Waals surface area contributed by atoms with E-state index in [1.807, 2.05) is 30.3 Å². The molecule has 4 rings (SSSR count). The van der Waals surface area contributed by atoms with Crippen molar-refractivity contribution in [2.45, 2.75) is 56.9 Å². The Morgan fingerprint density at radius 3 is 2.40 bits per heavy atom. The highest BCUT2D eigenvalue weighted by Gasteiger charge is 2.34. The number of amides is 1. The quantitative estimate of drug-likeness (QED) is 0.794. The number of nitrogens with one attached hydrogen (secondary N) is 1. The molecule has 5 nitrogen and oxygen atoms in total. The lowest BCUT2D eigenvalue weighted by Gasteiger charge is -2.36. The van der Waals surface area contributed by atoms with Crippen molar-refractivity contribution in [1.29, 1.82) is 0 Å². The van der Waals surface area contributed by atoms with Crippen LogP contribution in [0.1, 0.15) is 46.0 Å². The molecule has 3 atom stereocenters. The van der Waals surface area contributed by atoms with Gasteiger partial charge in [-0.15, -0.1) is 0 Å². The fraction of sp³-hybridized carbons (Fsp3) is 0.542. The van der Waals surface area contributed by atoms with Crippen LogP contribution >= 0.6 is 0 Å². The molecule has 1 saturated heterocycles. The number of hydrogen-bond acceptors (Lipinski definition) is 3. The van der Waals surface area contributed by atoms with Crippen LogP contribution in [-0.2, 0) is 14.8 Å². The van der Waals surface area contributed by atoms with Crippen LogP contribution in [0.2, 0.25) is 0 Å². The molecule has 0 aromatic heterocycles. The summed E-state index contributed by atoms with van der Waals surface area (Å²) in [6.45, 7) is 5.28. The number of fused-ring (bicyclic) bond motifs is 1. The van der Waals surface area contributed by atoms with E-state index in [1.54, 1.807) is 12.1 Å². The smallest absolute Gasteiger partial charge is 0.243 e. The first-order chi connectivity index (χ1) is 14.4. The second kappa shape index (κ2) is 8.67. The third-order valence-corrected chi connectivity index (χ3v) is 9.11. The summed E-state index contributed by atoms with van der Waals surface area (Å²) in [5.74, 6) is 1.13. The summed E-state index contributed by atoms with van der Waals surface area (Å²) in [6.07, 6.45) is 4.61. The summed E-state index contributed by atoms with van der Waals surface area (Å²) < 4.78 is 27.8. The molecular weight excluding hydrogens is 396 g/mol. The molecule has 2 aromatic rings. The monoisotopic (exact) mass is 428 g/mol. The molecule has 1 aliphatic heterocycles. The highest BCUT2D eigenvalue weighted by atomic mass is 32.2. The van der Waals surface area contributed by atoms with Crippen molar-refractivity contribution in [1.82, 2.24) is 9.62 Å². The highest BCUT2D eigenvalue weighted by molar-refractivity contribution is 7.89. The van der Waals surface area contributed by atoms with E-state index in [9.17, 15) is 13.2 Å². The van der Waals surface area contributed by atoms with E-state index >= 15 is 0 Å². The minimum Gasteiger partial charge on any atom is -0.353 e. The summed E-state index contributed by atoms with van der Waals surface area (Å²) in [6, 6.07) is 13.3. The maximum atomic E-state index is 13.1. The van der Waals surface area contributed by atoms with Crippen LogP contribution < -0.4 is 5.32 Å². The lowest BCUT2D eigenvalue weighted by Crippen LogP contribution is -2.48. The van der Waals surface area contributed by atoms with E-state index in [1.165, 1.54) is 17.1 Å². The van der Waals surface area contributed by atoms with E-state index in [0.717, 1.165) is 17.2 Å². The van der Waals surface area contributed by atoms with Crippen molar-refractivity contribution in [2.75, 3.05) is 13.1 Å². The Balaban J connectivity index is 1.39. The van der Waals surface area contributed by atoms with Gasteiger partial charge in [-0.3, -0.25) is 4.79 Å². The molecule has 2 aliphatic rings. The van der Waals surface area contributed by atoms with Crippen LogP contribution in [-0.4, -0.2) is 37.8 Å². The summed E-state index contributed by atoms with van der Waals surface area (Å²) in [5.41, 5.74) is 0. The molecule has 6 heteroatoms. The van der Waals surface area contributed by atoms with Gasteiger partial charge in [-0.2, -0.15) is 4.31 Å². The third kappa shape index (κ3) is 4.26. The number of piperidine rings is 1. The zero-order valence-corrected chi connectivity index (χ0v) is 18.7. The Bertz CT molecular complexity index is 1010. The Morgan fingerprint density at radius 2 is 1.67 bits per heavy atom. The van der Waals surface area contributed by atoms with Gasteiger partial charge in [0.05, 0.1) is 4.90 Å². The fourth-order valence-electron chi connectivity index (χ4n) is 4.92. The van der Waals surface area contributed by atoms with Gasteiger partial charge in [0.1, 0.15) is 0 Å². The molecule has 1 aliphatic carbocycles. The van der Waals surface area contributed by atoms with Gasteiger partial charge in [0.25, 0.3) is 0 Å². The third-order valence-electron chi connectivity index (χ3n) is 7.22. The summed E-state index contributed by atoms with van der Waals surface area (Å²) >= 11 is 0.